The maximum atomic E-state index is 12.6. The van der Waals surface area contributed by atoms with Gasteiger partial charge in [-0.1, -0.05) is 26.0 Å². The minimum absolute atomic E-state index is 0.276. The molecule has 1 aromatic carbocycles. The van der Waals surface area contributed by atoms with Crippen LogP contribution in [0, 0.1) is 11.8 Å². The topological polar surface area (TPSA) is 44.9 Å². The summed E-state index contributed by atoms with van der Waals surface area (Å²) < 4.78 is 37.7. The summed E-state index contributed by atoms with van der Waals surface area (Å²) in [4.78, 5) is 8.74. The van der Waals surface area contributed by atoms with Gasteiger partial charge < -0.3 is 15.5 Å². The lowest BCUT2D eigenvalue weighted by atomic mass is 10.1. The molecule has 0 bridgehead atoms. The number of hydrogen-bond donors (Lipinski definition) is 1. The Morgan fingerprint density at radius 1 is 1.31 bits per heavy atom. The fourth-order valence-corrected chi connectivity index (χ4v) is 3.32. The summed E-state index contributed by atoms with van der Waals surface area (Å²) in [5.74, 6) is 1.66. The first-order valence-corrected chi connectivity index (χ1v) is 9.04. The van der Waals surface area contributed by atoms with Gasteiger partial charge in [-0.25, -0.2) is 4.99 Å². The normalized spacial score (nSPS) is 19.3. The molecule has 1 aromatic rings. The molecule has 0 radical (unpaired) electrons. The largest absolute Gasteiger partial charge is 0.416 e. The summed E-state index contributed by atoms with van der Waals surface area (Å²) in [6, 6.07) is 5.04. The van der Waals surface area contributed by atoms with Gasteiger partial charge in [0, 0.05) is 26.7 Å². The van der Waals surface area contributed by atoms with Crippen LogP contribution >= 0.6 is 0 Å². The molecule has 146 valence electrons. The number of nitrogens with two attached hydrogens (primary N) is 1. The smallest absolute Gasteiger partial charge is 0.370 e. The highest BCUT2D eigenvalue weighted by Gasteiger charge is 2.30. The van der Waals surface area contributed by atoms with Crippen LogP contribution in [0.5, 0.6) is 0 Å². The Balaban J connectivity index is 1.83. The molecule has 0 aromatic heterocycles. The third-order valence-corrected chi connectivity index (χ3v) is 4.62. The first-order valence-electron chi connectivity index (χ1n) is 9.04. The van der Waals surface area contributed by atoms with Crippen LogP contribution in [0.25, 0.3) is 0 Å². The van der Waals surface area contributed by atoms with Crippen molar-refractivity contribution in [1.82, 2.24) is 9.80 Å². The van der Waals surface area contributed by atoms with Crippen LogP contribution in [0.3, 0.4) is 0 Å². The van der Waals surface area contributed by atoms with Crippen molar-refractivity contribution in [1.29, 1.82) is 0 Å². The zero-order valence-corrected chi connectivity index (χ0v) is 15.8. The third kappa shape index (κ3) is 6.20. The molecule has 1 aliphatic heterocycles. The molecular formula is C19H29F3N4. The van der Waals surface area contributed by atoms with E-state index in [0.717, 1.165) is 44.7 Å². The van der Waals surface area contributed by atoms with Gasteiger partial charge >= 0.3 is 6.18 Å². The van der Waals surface area contributed by atoms with Gasteiger partial charge in [-0.05, 0) is 42.5 Å². The van der Waals surface area contributed by atoms with E-state index in [-0.39, 0.29) is 6.54 Å². The van der Waals surface area contributed by atoms with Crippen LogP contribution < -0.4 is 5.73 Å². The fourth-order valence-electron chi connectivity index (χ4n) is 3.32. The summed E-state index contributed by atoms with van der Waals surface area (Å²) in [7, 11) is 1.91. The molecule has 0 amide bonds. The van der Waals surface area contributed by atoms with Crippen molar-refractivity contribution in [3.8, 4) is 0 Å². The molecule has 0 saturated carbocycles. The van der Waals surface area contributed by atoms with Gasteiger partial charge in [0.15, 0.2) is 5.96 Å². The number of halogens is 3. The molecule has 26 heavy (non-hydrogen) atoms. The van der Waals surface area contributed by atoms with Gasteiger partial charge in [0.1, 0.15) is 0 Å². The highest BCUT2D eigenvalue weighted by Crippen LogP contribution is 2.29. The first-order chi connectivity index (χ1) is 12.1. The summed E-state index contributed by atoms with van der Waals surface area (Å²) in [6.07, 6.45) is -3.16. The van der Waals surface area contributed by atoms with Gasteiger partial charge in [0.25, 0.3) is 0 Å². The Morgan fingerprint density at radius 3 is 2.54 bits per heavy atom. The summed E-state index contributed by atoms with van der Waals surface area (Å²) in [5, 5.41) is 0. The Hall–Kier alpha value is -1.76. The Bertz CT molecular complexity index is 596. The lowest BCUT2D eigenvalue weighted by Gasteiger charge is -2.23. The molecule has 0 spiro atoms. The van der Waals surface area contributed by atoms with Gasteiger partial charge in [0.2, 0.25) is 0 Å². The van der Waals surface area contributed by atoms with Crippen LogP contribution in [0.4, 0.5) is 13.2 Å². The van der Waals surface area contributed by atoms with Crippen LogP contribution in [0.1, 0.15) is 31.4 Å². The molecule has 1 aliphatic rings. The van der Waals surface area contributed by atoms with Gasteiger partial charge in [0.05, 0.1) is 12.1 Å². The number of alkyl halides is 3. The first kappa shape index (κ1) is 20.6. The maximum Gasteiger partial charge on any atom is 0.416 e. The average Bonchev–Trinajstić information content (AvgIpc) is 2.98. The van der Waals surface area contributed by atoms with Crippen molar-refractivity contribution in [3.63, 3.8) is 0 Å². The second kappa shape index (κ2) is 8.75. The van der Waals surface area contributed by atoms with E-state index in [1.54, 1.807) is 0 Å². The summed E-state index contributed by atoms with van der Waals surface area (Å²) >= 11 is 0. The van der Waals surface area contributed by atoms with E-state index in [1.165, 1.54) is 12.1 Å². The average molecular weight is 370 g/mol. The predicted molar refractivity (Wildman–Crippen MR) is 98.8 cm³/mol. The Morgan fingerprint density at radius 2 is 1.96 bits per heavy atom. The van der Waals surface area contributed by atoms with Crippen molar-refractivity contribution in [2.75, 3.05) is 33.2 Å². The molecule has 2 N–H and O–H groups in total. The molecule has 1 saturated heterocycles. The van der Waals surface area contributed by atoms with E-state index >= 15 is 0 Å². The van der Waals surface area contributed by atoms with Crippen molar-refractivity contribution >= 4 is 5.96 Å². The highest BCUT2D eigenvalue weighted by molar-refractivity contribution is 5.77. The van der Waals surface area contributed by atoms with E-state index < -0.39 is 11.7 Å². The van der Waals surface area contributed by atoms with Gasteiger partial charge in [-0.2, -0.15) is 13.2 Å². The number of nitrogens with zero attached hydrogens (tertiary/aromatic N) is 3. The molecule has 1 atom stereocenters. The number of likely N-dealkylation sites (tertiary alicyclic amines) is 1. The standard InChI is InChI=1S/C19H29F3N4/c1-14(2)11-26-9-8-16(13-26)12-25(3)18(23)24-10-15-4-6-17(7-5-15)19(20,21)22/h4-7,14,16H,8-13H2,1-3H3,(H2,23,24). The Labute approximate surface area is 153 Å². The third-order valence-electron chi connectivity index (χ3n) is 4.62. The fraction of sp³-hybridized carbons (Fsp3) is 0.632. The minimum Gasteiger partial charge on any atom is -0.370 e. The second-order valence-electron chi connectivity index (χ2n) is 7.56. The maximum absolute atomic E-state index is 12.6. The molecule has 1 unspecified atom stereocenters. The number of hydrogen-bond acceptors (Lipinski definition) is 2. The number of rotatable bonds is 6. The second-order valence-corrected chi connectivity index (χ2v) is 7.56. The van der Waals surface area contributed by atoms with Crippen molar-refractivity contribution in [3.05, 3.63) is 35.4 Å². The zero-order valence-electron chi connectivity index (χ0n) is 15.8. The summed E-state index contributed by atoms with van der Waals surface area (Å²) in [6.45, 7) is 8.90. The van der Waals surface area contributed by atoms with Crippen LogP contribution in [-0.2, 0) is 12.7 Å². The van der Waals surface area contributed by atoms with E-state index in [1.807, 2.05) is 11.9 Å². The van der Waals surface area contributed by atoms with Gasteiger partial charge in [-0.3, -0.25) is 0 Å². The van der Waals surface area contributed by atoms with Gasteiger partial charge in [-0.15, -0.1) is 0 Å². The molecule has 1 fully saturated rings. The quantitative estimate of drug-likeness (QED) is 0.616. The van der Waals surface area contributed by atoms with E-state index in [0.29, 0.717) is 23.4 Å². The molecular weight excluding hydrogens is 341 g/mol. The number of aliphatic imine (C=N–C) groups is 1. The lowest BCUT2D eigenvalue weighted by Crippen LogP contribution is -2.38. The molecule has 0 aliphatic carbocycles. The lowest BCUT2D eigenvalue weighted by molar-refractivity contribution is -0.137. The highest BCUT2D eigenvalue weighted by atomic mass is 19.4. The summed E-state index contributed by atoms with van der Waals surface area (Å²) in [5.41, 5.74) is 6.10. The van der Waals surface area contributed by atoms with E-state index in [4.69, 9.17) is 5.73 Å². The van der Waals surface area contributed by atoms with Crippen LogP contribution in [0.15, 0.2) is 29.3 Å². The number of benzene rings is 1. The van der Waals surface area contributed by atoms with E-state index in [9.17, 15) is 13.2 Å². The number of guanidine groups is 1. The van der Waals surface area contributed by atoms with Crippen molar-refractivity contribution < 1.29 is 13.2 Å². The van der Waals surface area contributed by atoms with Crippen molar-refractivity contribution in [2.24, 2.45) is 22.6 Å². The molecule has 1 heterocycles. The monoisotopic (exact) mass is 370 g/mol. The molecule has 4 nitrogen and oxygen atoms in total. The van der Waals surface area contributed by atoms with E-state index in [2.05, 4.69) is 23.7 Å². The van der Waals surface area contributed by atoms with Crippen LogP contribution in [-0.4, -0.2) is 49.0 Å². The minimum atomic E-state index is -4.31. The zero-order chi connectivity index (χ0) is 19.3. The molecule has 7 heteroatoms. The van der Waals surface area contributed by atoms with Crippen molar-refractivity contribution in [2.45, 2.75) is 33.0 Å². The SMILES string of the molecule is CC(C)CN1CCC(CN(C)C(N)=NCc2ccc(C(F)(F)F)cc2)C1. The predicted octanol–water partition coefficient (Wildman–Crippen LogP) is 3.43. The Kier molecular flexibility index (Phi) is 6.92. The molecule has 2 rings (SSSR count). The van der Waals surface area contributed by atoms with Crippen LogP contribution in [0.2, 0.25) is 0 Å².